The number of benzene rings is 2. The van der Waals surface area contributed by atoms with Gasteiger partial charge in [0.1, 0.15) is 0 Å². The third-order valence-corrected chi connectivity index (χ3v) is 6.69. The molecular formula is C26H34O3. The van der Waals surface area contributed by atoms with Crippen molar-refractivity contribution >= 4 is 0 Å². The Labute approximate surface area is 174 Å². The van der Waals surface area contributed by atoms with Crippen LogP contribution in [0.25, 0.3) is 0 Å². The lowest BCUT2D eigenvalue weighted by molar-refractivity contribution is -0.113. The summed E-state index contributed by atoms with van der Waals surface area (Å²) in [5.41, 5.74) is 6.72. The molecular weight excluding hydrogens is 360 g/mol. The molecule has 1 aliphatic carbocycles. The van der Waals surface area contributed by atoms with Crippen LogP contribution in [0.1, 0.15) is 91.7 Å². The van der Waals surface area contributed by atoms with Crippen molar-refractivity contribution < 1.29 is 14.9 Å². The van der Waals surface area contributed by atoms with E-state index in [0.29, 0.717) is 24.7 Å². The maximum Gasteiger partial charge on any atom is 0.0854 e. The van der Waals surface area contributed by atoms with Crippen LogP contribution >= 0.6 is 0 Å². The van der Waals surface area contributed by atoms with E-state index in [2.05, 4.69) is 56.3 Å². The standard InChI is InChI=1S/C26H34O3/c1-3-17(2)19-6-4-18(5-7-19)12-22-13-21(10-11-25(22)20-8-9-20)26-15-23(28)14-24(16-27)29-26/h4-7,10-11,13,17,20,23-24,26-28H,3,8-9,12,14-16H2,1-2H3/t17?,23-,24-,26?/m0/s1. The molecule has 1 saturated carbocycles. The summed E-state index contributed by atoms with van der Waals surface area (Å²) in [6.07, 6.45) is 4.94. The predicted molar refractivity (Wildman–Crippen MR) is 116 cm³/mol. The molecule has 3 nitrogen and oxygen atoms in total. The van der Waals surface area contributed by atoms with Crippen LogP contribution in [0.4, 0.5) is 0 Å². The number of ether oxygens (including phenoxy) is 1. The summed E-state index contributed by atoms with van der Waals surface area (Å²) < 4.78 is 6.06. The van der Waals surface area contributed by atoms with Gasteiger partial charge >= 0.3 is 0 Å². The van der Waals surface area contributed by atoms with Crippen molar-refractivity contribution in [1.82, 2.24) is 0 Å². The number of hydrogen-bond donors (Lipinski definition) is 2. The summed E-state index contributed by atoms with van der Waals surface area (Å²) in [7, 11) is 0. The van der Waals surface area contributed by atoms with E-state index in [4.69, 9.17) is 4.74 Å². The number of rotatable bonds is 7. The lowest BCUT2D eigenvalue weighted by Gasteiger charge is -2.33. The average Bonchev–Trinajstić information content (AvgIpc) is 3.58. The highest BCUT2D eigenvalue weighted by Gasteiger charge is 2.31. The van der Waals surface area contributed by atoms with Crippen LogP contribution < -0.4 is 0 Å². The molecule has 4 rings (SSSR count). The quantitative estimate of drug-likeness (QED) is 0.675. The molecule has 29 heavy (non-hydrogen) atoms. The fourth-order valence-corrected chi connectivity index (χ4v) is 4.51. The normalized spacial score (nSPS) is 25.7. The molecule has 3 heteroatoms. The predicted octanol–water partition coefficient (Wildman–Crippen LogP) is 5.24. The summed E-state index contributed by atoms with van der Waals surface area (Å²) in [6, 6.07) is 15.8. The van der Waals surface area contributed by atoms with E-state index in [1.54, 1.807) is 0 Å². The van der Waals surface area contributed by atoms with E-state index >= 15 is 0 Å². The topological polar surface area (TPSA) is 49.7 Å². The maximum atomic E-state index is 10.2. The molecule has 2 unspecified atom stereocenters. The third kappa shape index (κ3) is 4.91. The zero-order valence-electron chi connectivity index (χ0n) is 17.7. The van der Waals surface area contributed by atoms with Crippen molar-refractivity contribution in [3.63, 3.8) is 0 Å². The molecule has 0 radical (unpaired) electrons. The fourth-order valence-electron chi connectivity index (χ4n) is 4.51. The number of aliphatic hydroxyl groups excluding tert-OH is 2. The summed E-state index contributed by atoms with van der Waals surface area (Å²) >= 11 is 0. The molecule has 1 saturated heterocycles. The Hall–Kier alpha value is -1.68. The van der Waals surface area contributed by atoms with Gasteiger partial charge in [0.2, 0.25) is 0 Å². The zero-order chi connectivity index (χ0) is 20.4. The Bertz CT molecular complexity index is 809. The Morgan fingerprint density at radius 3 is 2.48 bits per heavy atom. The first-order chi connectivity index (χ1) is 14.1. The summed E-state index contributed by atoms with van der Waals surface area (Å²) in [5.74, 6) is 1.30. The summed E-state index contributed by atoms with van der Waals surface area (Å²) in [5, 5.41) is 19.7. The van der Waals surface area contributed by atoms with Crippen LogP contribution in [-0.4, -0.2) is 29.0 Å². The molecule has 1 aliphatic heterocycles. The first kappa shape index (κ1) is 20.6. The molecule has 2 N–H and O–H groups in total. The highest BCUT2D eigenvalue weighted by Crippen LogP contribution is 2.43. The van der Waals surface area contributed by atoms with Crippen molar-refractivity contribution in [3.05, 3.63) is 70.3 Å². The molecule has 2 aromatic rings. The fraction of sp³-hybridized carbons (Fsp3) is 0.538. The Kier molecular flexibility index (Phi) is 6.38. The Balaban J connectivity index is 1.57. The largest absolute Gasteiger partial charge is 0.394 e. The molecule has 2 aromatic carbocycles. The van der Waals surface area contributed by atoms with Crippen LogP contribution in [0.15, 0.2) is 42.5 Å². The van der Waals surface area contributed by atoms with Crippen LogP contribution in [0.5, 0.6) is 0 Å². The van der Waals surface area contributed by atoms with Gasteiger partial charge in [-0.2, -0.15) is 0 Å². The van der Waals surface area contributed by atoms with Crippen LogP contribution in [-0.2, 0) is 11.2 Å². The van der Waals surface area contributed by atoms with E-state index in [0.717, 1.165) is 18.4 Å². The molecule has 4 atom stereocenters. The molecule has 156 valence electrons. The van der Waals surface area contributed by atoms with Gasteiger partial charge in [0.05, 0.1) is 24.9 Å². The second kappa shape index (κ2) is 8.99. The Morgan fingerprint density at radius 1 is 1.07 bits per heavy atom. The van der Waals surface area contributed by atoms with Crippen molar-refractivity contribution in [3.8, 4) is 0 Å². The molecule has 1 heterocycles. The monoisotopic (exact) mass is 394 g/mol. The van der Waals surface area contributed by atoms with Gasteiger partial charge in [-0.1, -0.05) is 56.3 Å². The lowest BCUT2D eigenvalue weighted by Crippen LogP contribution is -2.33. The van der Waals surface area contributed by atoms with Crippen LogP contribution in [0, 0.1) is 0 Å². The van der Waals surface area contributed by atoms with E-state index in [1.165, 1.54) is 35.1 Å². The maximum absolute atomic E-state index is 10.2. The highest BCUT2D eigenvalue weighted by atomic mass is 16.5. The summed E-state index contributed by atoms with van der Waals surface area (Å²) in [6.45, 7) is 4.47. The number of hydrogen-bond acceptors (Lipinski definition) is 3. The van der Waals surface area contributed by atoms with Crippen LogP contribution in [0.2, 0.25) is 0 Å². The van der Waals surface area contributed by atoms with Gasteiger partial charge < -0.3 is 14.9 Å². The lowest BCUT2D eigenvalue weighted by atomic mass is 9.90. The molecule has 0 aromatic heterocycles. The van der Waals surface area contributed by atoms with Gasteiger partial charge in [-0.15, -0.1) is 0 Å². The molecule has 0 amide bonds. The van der Waals surface area contributed by atoms with Crippen molar-refractivity contribution in [1.29, 1.82) is 0 Å². The minimum absolute atomic E-state index is 0.0386. The SMILES string of the molecule is CCC(C)c1ccc(Cc2cc(C3C[C@@H](O)C[C@@H](CO)O3)ccc2C2CC2)cc1. The van der Waals surface area contributed by atoms with Gasteiger partial charge in [0, 0.05) is 12.8 Å². The van der Waals surface area contributed by atoms with Gasteiger partial charge in [0.15, 0.2) is 0 Å². The van der Waals surface area contributed by atoms with E-state index < -0.39 is 6.10 Å². The first-order valence-corrected chi connectivity index (χ1v) is 11.2. The highest BCUT2D eigenvalue weighted by molar-refractivity contribution is 5.41. The molecule has 2 aliphatic rings. The second-order valence-electron chi connectivity index (χ2n) is 9.01. The average molecular weight is 395 g/mol. The minimum atomic E-state index is -0.412. The van der Waals surface area contributed by atoms with E-state index in [1.807, 2.05) is 0 Å². The van der Waals surface area contributed by atoms with E-state index in [-0.39, 0.29) is 18.8 Å². The zero-order valence-corrected chi connectivity index (χ0v) is 17.7. The second-order valence-corrected chi connectivity index (χ2v) is 9.01. The minimum Gasteiger partial charge on any atom is -0.394 e. The smallest absolute Gasteiger partial charge is 0.0854 e. The van der Waals surface area contributed by atoms with Gasteiger partial charge in [0.25, 0.3) is 0 Å². The summed E-state index contributed by atoms with van der Waals surface area (Å²) in [4.78, 5) is 0. The van der Waals surface area contributed by atoms with E-state index in [9.17, 15) is 10.2 Å². The van der Waals surface area contributed by atoms with Crippen molar-refractivity contribution in [2.24, 2.45) is 0 Å². The van der Waals surface area contributed by atoms with Crippen molar-refractivity contribution in [2.75, 3.05) is 6.61 Å². The van der Waals surface area contributed by atoms with Gasteiger partial charge in [-0.25, -0.2) is 0 Å². The Morgan fingerprint density at radius 2 is 1.83 bits per heavy atom. The number of aliphatic hydroxyl groups is 2. The van der Waals surface area contributed by atoms with Gasteiger partial charge in [-0.05, 0) is 65.3 Å². The third-order valence-electron chi connectivity index (χ3n) is 6.69. The molecule has 0 spiro atoms. The van der Waals surface area contributed by atoms with Gasteiger partial charge in [-0.3, -0.25) is 0 Å². The molecule has 2 fully saturated rings. The van der Waals surface area contributed by atoms with Crippen LogP contribution in [0.3, 0.4) is 0 Å². The first-order valence-electron chi connectivity index (χ1n) is 11.2. The van der Waals surface area contributed by atoms with Crippen molar-refractivity contribution in [2.45, 2.75) is 82.5 Å². The molecule has 0 bridgehead atoms.